The Hall–Kier alpha value is -4.43. The van der Waals surface area contributed by atoms with Gasteiger partial charge in [-0.3, -0.25) is 9.78 Å². The summed E-state index contributed by atoms with van der Waals surface area (Å²) < 4.78 is 42.7. The van der Waals surface area contributed by atoms with E-state index in [1.807, 2.05) is 29.3 Å². The number of aromatic nitrogens is 1. The van der Waals surface area contributed by atoms with Crippen molar-refractivity contribution in [2.45, 2.75) is 24.4 Å². The van der Waals surface area contributed by atoms with Crippen LogP contribution in [0, 0.1) is 11.3 Å². The van der Waals surface area contributed by atoms with Crippen LogP contribution >= 0.6 is 0 Å². The first-order valence-corrected chi connectivity index (χ1v) is 11.9. The van der Waals surface area contributed by atoms with E-state index in [-0.39, 0.29) is 11.3 Å². The molecule has 3 heterocycles. The van der Waals surface area contributed by atoms with E-state index < -0.39 is 12.1 Å². The first-order chi connectivity index (χ1) is 18.6. The fourth-order valence-electron chi connectivity index (χ4n) is 4.82. The maximum Gasteiger partial charge on any atom is 0.490 e. The summed E-state index contributed by atoms with van der Waals surface area (Å²) in [5.41, 5.74) is 4.74. The Morgan fingerprint density at radius 3 is 2.44 bits per heavy atom. The van der Waals surface area contributed by atoms with Crippen molar-refractivity contribution < 1.29 is 37.3 Å². The molecule has 5 rings (SSSR count). The molecule has 1 saturated heterocycles. The van der Waals surface area contributed by atoms with Gasteiger partial charge >= 0.3 is 12.1 Å². The van der Waals surface area contributed by atoms with Crippen molar-refractivity contribution in [1.29, 1.82) is 5.26 Å². The van der Waals surface area contributed by atoms with Crippen LogP contribution in [-0.4, -0.2) is 55.0 Å². The van der Waals surface area contributed by atoms with Crippen LogP contribution in [0.25, 0.3) is 11.1 Å². The van der Waals surface area contributed by atoms with Crippen LogP contribution in [0.1, 0.15) is 34.3 Å². The summed E-state index contributed by atoms with van der Waals surface area (Å²) in [5.74, 6) is -2.19. The quantitative estimate of drug-likeness (QED) is 0.500. The monoisotopic (exact) mass is 539 g/mol. The Morgan fingerprint density at radius 2 is 1.79 bits per heavy atom. The van der Waals surface area contributed by atoms with Gasteiger partial charge in [0, 0.05) is 42.6 Å². The van der Waals surface area contributed by atoms with E-state index in [0.717, 1.165) is 35.2 Å². The molecule has 1 spiro atoms. The number of alkyl halides is 3. The van der Waals surface area contributed by atoms with Gasteiger partial charge in [-0.1, -0.05) is 18.2 Å². The zero-order valence-electron chi connectivity index (χ0n) is 20.9. The molecule has 2 aliphatic heterocycles. The number of aliphatic carboxylic acids is 1. The van der Waals surface area contributed by atoms with E-state index in [1.165, 1.54) is 0 Å². The number of carboxylic acids is 1. The molecule has 0 bridgehead atoms. The smallest absolute Gasteiger partial charge is 0.490 e. The molecule has 0 aliphatic carbocycles. The minimum atomic E-state index is -5.08. The van der Waals surface area contributed by atoms with Crippen molar-refractivity contribution in [3.63, 3.8) is 0 Å². The summed E-state index contributed by atoms with van der Waals surface area (Å²) in [5, 5.41) is 16.6. The third-order valence-electron chi connectivity index (χ3n) is 6.82. The lowest BCUT2D eigenvalue weighted by molar-refractivity contribution is -0.192. The van der Waals surface area contributed by atoms with Gasteiger partial charge in [-0.2, -0.15) is 18.4 Å². The average Bonchev–Trinajstić information content (AvgIpc) is 3.25. The van der Waals surface area contributed by atoms with E-state index in [4.69, 9.17) is 19.4 Å². The number of pyridine rings is 1. The number of carboxylic acid groups (broad SMARTS) is 1. The third-order valence-corrected chi connectivity index (χ3v) is 6.82. The van der Waals surface area contributed by atoms with Gasteiger partial charge in [0.15, 0.2) is 0 Å². The zero-order chi connectivity index (χ0) is 28.2. The molecule has 39 heavy (non-hydrogen) atoms. The lowest BCUT2D eigenvalue weighted by Gasteiger charge is -2.34. The Morgan fingerprint density at radius 1 is 1.10 bits per heavy atom. The lowest BCUT2D eigenvalue weighted by Crippen LogP contribution is -2.40. The molecule has 11 heteroatoms. The Kier molecular flexibility index (Phi) is 7.88. The van der Waals surface area contributed by atoms with E-state index >= 15 is 0 Å². The maximum absolute atomic E-state index is 13.6. The largest absolute Gasteiger partial charge is 0.495 e. The fourth-order valence-corrected chi connectivity index (χ4v) is 4.82. The summed E-state index contributed by atoms with van der Waals surface area (Å²) in [4.78, 5) is 28.6. The highest BCUT2D eigenvalue weighted by atomic mass is 19.4. The number of hydrogen-bond acceptors (Lipinski definition) is 6. The van der Waals surface area contributed by atoms with E-state index in [1.54, 1.807) is 37.6 Å². The van der Waals surface area contributed by atoms with Crippen molar-refractivity contribution in [2.75, 3.05) is 31.8 Å². The lowest BCUT2D eigenvalue weighted by atomic mass is 9.75. The summed E-state index contributed by atoms with van der Waals surface area (Å²) in [6.45, 7) is 1.92. The second-order valence-electron chi connectivity index (χ2n) is 9.09. The van der Waals surface area contributed by atoms with Crippen LogP contribution in [0.5, 0.6) is 5.75 Å². The van der Waals surface area contributed by atoms with Gasteiger partial charge in [-0.15, -0.1) is 0 Å². The number of methoxy groups -OCH3 is 1. The summed E-state index contributed by atoms with van der Waals surface area (Å²) in [6, 6.07) is 17.3. The molecule has 0 radical (unpaired) electrons. The minimum Gasteiger partial charge on any atom is -0.495 e. The highest BCUT2D eigenvalue weighted by Gasteiger charge is 2.46. The van der Waals surface area contributed by atoms with Crippen LogP contribution < -0.4 is 9.64 Å². The number of nitriles is 1. The second-order valence-corrected chi connectivity index (χ2v) is 9.09. The van der Waals surface area contributed by atoms with Crippen LogP contribution in [0.4, 0.5) is 18.9 Å². The third kappa shape index (κ3) is 5.71. The van der Waals surface area contributed by atoms with Crippen molar-refractivity contribution in [1.82, 2.24) is 4.98 Å². The molecular formula is C28H24F3N3O5. The second kappa shape index (κ2) is 11.1. The molecule has 0 atom stereocenters. The first-order valence-electron chi connectivity index (χ1n) is 11.9. The Bertz CT molecular complexity index is 1430. The van der Waals surface area contributed by atoms with Gasteiger partial charge in [0.1, 0.15) is 5.75 Å². The molecule has 3 aromatic rings. The number of amides is 1. The standard InChI is InChI=1S/C26H23N3O3.C2HF3O2/c1-31-21-12-20(15-28-16-21)18-6-7-24-23(13-18)26(8-10-32-11-9-26)17-29(24)25(30)22-5-3-2-4-19(22)14-27;3-2(4,5)1(6)7/h2-7,12-13,15-16H,8-11,17H2,1H3;(H,6,7). The number of carbonyl (C=O) groups is 2. The summed E-state index contributed by atoms with van der Waals surface area (Å²) >= 11 is 0. The number of carbonyl (C=O) groups excluding carboxylic acids is 1. The maximum atomic E-state index is 13.6. The highest BCUT2D eigenvalue weighted by molar-refractivity contribution is 6.09. The number of fused-ring (bicyclic) bond motifs is 2. The predicted octanol–water partition coefficient (Wildman–Crippen LogP) is 4.97. The highest BCUT2D eigenvalue weighted by Crippen LogP contribution is 2.48. The Balaban J connectivity index is 0.000000448. The number of halogens is 3. The molecule has 0 unspecified atom stereocenters. The molecule has 2 aromatic carbocycles. The molecule has 8 nitrogen and oxygen atoms in total. The van der Waals surface area contributed by atoms with E-state index in [0.29, 0.717) is 36.6 Å². The normalized spacial score (nSPS) is 15.5. The van der Waals surface area contributed by atoms with Crippen molar-refractivity contribution in [3.8, 4) is 22.9 Å². The van der Waals surface area contributed by atoms with Gasteiger partial charge in [0.05, 0.1) is 30.5 Å². The van der Waals surface area contributed by atoms with Crippen LogP contribution in [0.3, 0.4) is 0 Å². The SMILES string of the molecule is COc1cncc(-c2ccc3c(c2)C2(CCOCC2)CN3C(=O)c2ccccc2C#N)c1.O=C(O)C(F)(F)F. The number of nitrogens with zero attached hydrogens (tertiary/aromatic N) is 3. The Labute approximate surface area is 222 Å². The van der Waals surface area contributed by atoms with E-state index in [9.17, 15) is 23.2 Å². The topological polar surface area (TPSA) is 113 Å². The van der Waals surface area contributed by atoms with Crippen molar-refractivity contribution >= 4 is 17.6 Å². The number of hydrogen-bond donors (Lipinski definition) is 1. The molecule has 1 aromatic heterocycles. The molecular weight excluding hydrogens is 515 g/mol. The summed E-state index contributed by atoms with van der Waals surface area (Å²) in [6.07, 6.45) is 0.124. The molecule has 1 amide bonds. The number of rotatable bonds is 3. The van der Waals surface area contributed by atoms with Crippen LogP contribution in [-0.2, 0) is 14.9 Å². The predicted molar refractivity (Wildman–Crippen MR) is 134 cm³/mol. The first kappa shape index (κ1) is 27.6. The fraction of sp³-hybridized carbons (Fsp3) is 0.286. The van der Waals surface area contributed by atoms with Gasteiger partial charge in [-0.25, -0.2) is 4.79 Å². The van der Waals surface area contributed by atoms with Gasteiger partial charge in [0.25, 0.3) is 5.91 Å². The number of benzene rings is 2. The van der Waals surface area contributed by atoms with Crippen molar-refractivity contribution in [3.05, 3.63) is 77.6 Å². The summed E-state index contributed by atoms with van der Waals surface area (Å²) in [7, 11) is 1.63. The molecule has 202 valence electrons. The van der Waals surface area contributed by atoms with Gasteiger partial charge in [0.2, 0.25) is 0 Å². The van der Waals surface area contributed by atoms with Gasteiger partial charge in [-0.05, 0) is 54.3 Å². The number of ether oxygens (including phenoxy) is 2. The van der Waals surface area contributed by atoms with Gasteiger partial charge < -0.3 is 19.5 Å². The molecule has 2 aliphatic rings. The van der Waals surface area contributed by atoms with Crippen molar-refractivity contribution in [2.24, 2.45) is 0 Å². The average molecular weight is 540 g/mol. The molecule has 1 fully saturated rings. The molecule has 0 saturated carbocycles. The van der Waals surface area contributed by atoms with Crippen LogP contribution in [0.2, 0.25) is 0 Å². The minimum absolute atomic E-state index is 0.137. The molecule has 1 N–H and O–H groups in total. The number of anilines is 1. The van der Waals surface area contributed by atoms with E-state index in [2.05, 4.69) is 17.1 Å². The van der Waals surface area contributed by atoms with Crippen LogP contribution in [0.15, 0.2) is 60.9 Å². The zero-order valence-corrected chi connectivity index (χ0v) is 20.9.